The summed E-state index contributed by atoms with van der Waals surface area (Å²) < 4.78 is 0.934. The van der Waals surface area contributed by atoms with Crippen LogP contribution in [0.1, 0.15) is 23.2 Å². The van der Waals surface area contributed by atoms with E-state index in [0.717, 1.165) is 28.0 Å². The van der Waals surface area contributed by atoms with Gasteiger partial charge in [0.25, 0.3) is 5.91 Å². The van der Waals surface area contributed by atoms with E-state index in [1.165, 1.54) is 12.8 Å². The summed E-state index contributed by atoms with van der Waals surface area (Å²) in [6.45, 7) is 2.05. The van der Waals surface area contributed by atoms with E-state index in [1.54, 1.807) is 0 Å². The van der Waals surface area contributed by atoms with Crippen molar-refractivity contribution in [1.82, 2.24) is 0 Å². The number of amides is 1. The molecule has 1 aliphatic rings. The van der Waals surface area contributed by atoms with Crippen LogP contribution < -0.4 is 16.0 Å². The molecule has 0 bridgehead atoms. The van der Waals surface area contributed by atoms with Crippen molar-refractivity contribution in [2.75, 3.05) is 29.0 Å². The Hall–Kier alpha value is -1.76. The number of hydrogen-bond donors (Lipinski definition) is 2. The van der Waals surface area contributed by atoms with E-state index in [4.69, 9.17) is 5.73 Å². The Kier molecular flexibility index (Phi) is 4.52. The average Bonchev–Trinajstić information content (AvgIpc) is 3.02. The molecular weight excluding hydrogens is 389 g/mol. The van der Waals surface area contributed by atoms with Crippen molar-refractivity contribution in [3.8, 4) is 0 Å². The molecule has 1 saturated heterocycles. The number of anilines is 3. The molecule has 0 radical (unpaired) electrons. The summed E-state index contributed by atoms with van der Waals surface area (Å²) >= 11 is 2.18. The molecule has 0 aliphatic carbocycles. The van der Waals surface area contributed by atoms with E-state index < -0.39 is 0 Å². The van der Waals surface area contributed by atoms with Crippen LogP contribution in [-0.4, -0.2) is 19.0 Å². The average molecular weight is 407 g/mol. The number of nitrogens with zero attached hydrogens (tertiary/aromatic N) is 1. The van der Waals surface area contributed by atoms with Crippen molar-refractivity contribution in [3.05, 3.63) is 51.6 Å². The fourth-order valence-electron chi connectivity index (χ4n) is 2.72. The molecule has 2 aromatic rings. The first-order valence-corrected chi connectivity index (χ1v) is 8.43. The fraction of sp³-hybridized carbons (Fsp3) is 0.235. The largest absolute Gasteiger partial charge is 0.399 e. The highest BCUT2D eigenvalue weighted by Crippen LogP contribution is 2.31. The molecule has 22 heavy (non-hydrogen) atoms. The zero-order valence-electron chi connectivity index (χ0n) is 12.2. The number of halogens is 1. The van der Waals surface area contributed by atoms with Gasteiger partial charge in [-0.2, -0.15) is 0 Å². The third kappa shape index (κ3) is 3.19. The van der Waals surface area contributed by atoms with Gasteiger partial charge in [0.05, 0.1) is 16.9 Å². The molecule has 2 aromatic carbocycles. The maximum absolute atomic E-state index is 12.5. The van der Waals surface area contributed by atoms with Crippen LogP contribution in [0.3, 0.4) is 0 Å². The molecule has 114 valence electrons. The predicted molar refractivity (Wildman–Crippen MR) is 99.4 cm³/mol. The lowest BCUT2D eigenvalue weighted by Crippen LogP contribution is -2.21. The van der Waals surface area contributed by atoms with Crippen molar-refractivity contribution < 1.29 is 4.79 Å². The number of rotatable bonds is 3. The van der Waals surface area contributed by atoms with E-state index in [1.807, 2.05) is 42.5 Å². The van der Waals surface area contributed by atoms with E-state index in [2.05, 4.69) is 32.8 Å². The van der Waals surface area contributed by atoms with E-state index in [9.17, 15) is 4.79 Å². The lowest BCUT2D eigenvalue weighted by molar-refractivity contribution is 0.102. The maximum Gasteiger partial charge on any atom is 0.256 e. The third-order valence-corrected chi connectivity index (χ3v) is 4.77. The first-order chi connectivity index (χ1) is 10.6. The number of carbonyl (C=O) groups is 1. The van der Waals surface area contributed by atoms with Gasteiger partial charge in [0.1, 0.15) is 0 Å². The van der Waals surface area contributed by atoms with Gasteiger partial charge >= 0.3 is 0 Å². The summed E-state index contributed by atoms with van der Waals surface area (Å²) in [5, 5.41) is 3.02. The summed E-state index contributed by atoms with van der Waals surface area (Å²) in [6, 6.07) is 13.3. The van der Waals surface area contributed by atoms with Gasteiger partial charge in [-0.05, 0) is 65.8 Å². The Labute approximate surface area is 143 Å². The standard InChI is InChI=1S/C17H18IN3O/c18-14-6-2-1-5-13(14)17(22)20-15-11-12(19)7-8-16(15)21-9-3-4-10-21/h1-2,5-8,11H,3-4,9-10,19H2,(H,20,22). The zero-order valence-corrected chi connectivity index (χ0v) is 14.3. The van der Waals surface area contributed by atoms with Crippen LogP contribution in [0.4, 0.5) is 17.1 Å². The first-order valence-electron chi connectivity index (χ1n) is 7.35. The molecule has 4 nitrogen and oxygen atoms in total. The summed E-state index contributed by atoms with van der Waals surface area (Å²) in [6.07, 6.45) is 2.38. The van der Waals surface area contributed by atoms with Crippen LogP contribution in [0.2, 0.25) is 0 Å². The Morgan fingerprint density at radius 2 is 1.86 bits per heavy atom. The number of nitrogen functional groups attached to an aromatic ring is 1. The maximum atomic E-state index is 12.5. The molecular formula is C17H18IN3O. The molecule has 3 N–H and O–H groups in total. The second kappa shape index (κ2) is 6.56. The van der Waals surface area contributed by atoms with Gasteiger partial charge < -0.3 is 16.0 Å². The highest BCUT2D eigenvalue weighted by Gasteiger charge is 2.18. The van der Waals surface area contributed by atoms with E-state index in [-0.39, 0.29) is 5.91 Å². The summed E-state index contributed by atoms with van der Waals surface area (Å²) in [4.78, 5) is 14.8. The molecule has 0 atom stereocenters. The molecule has 0 aromatic heterocycles. The molecule has 0 saturated carbocycles. The van der Waals surface area contributed by atoms with Crippen molar-refractivity contribution in [2.24, 2.45) is 0 Å². The monoisotopic (exact) mass is 407 g/mol. The van der Waals surface area contributed by atoms with Gasteiger partial charge in [0.15, 0.2) is 0 Å². The summed E-state index contributed by atoms with van der Waals surface area (Å²) in [5.41, 5.74) is 9.06. The van der Waals surface area contributed by atoms with Crippen LogP contribution in [0.5, 0.6) is 0 Å². The van der Waals surface area contributed by atoms with Crippen molar-refractivity contribution in [1.29, 1.82) is 0 Å². The van der Waals surface area contributed by atoms with Gasteiger partial charge in [-0.3, -0.25) is 4.79 Å². The molecule has 1 fully saturated rings. The normalized spacial score (nSPS) is 14.1. The number of nitrogens with two attached hydrogens (primary N) is 1. The van der Waals surface area contributed by atoms with Crippen molar-refractivity contribution >= 4 is 45.6 Å². The zero-order chi connectivity index (χ0) is 15.5. The van der Waals surface area contributed by atoms with Crippen molar-refractivity contribution in [3.63, 3.8) is 0 Å². The van der Waals surface area contributed by atoms with Gasteiger partial charge in [0.2, 0.25) is 0 Å². The molecule has 1 amide bonds. The van der Waals surface area contributed by atoms with Gasteiger partial charge in [0, 0.05) is 22.3 Å². The smallest absolute Gasteiger partial charge is 0.256 e. The second-order valence-corrected chi connectivity index (χ2v) is 6.57. The summed E-state index contributed by atoms with van der Waals surface area (Å²) in [5.74, 6) is -0.101. The molecule has 0 spiro atoms. The van der Waals surface area contributed by atoms with Crippen LogP contribution in [0.25, 0.3) is 0 Å². The fourth-order valence-corrected chi connectivity index (χ4v) is 3.35. The Bertz CT molecular complexity index is 696. The lowest BCUT2D eigenvalue weighted by atomic mass is 10.2. The molecule has 5 heteroatoms. The van der Waals surface area contributed by atoms with Crippen LogP contribution in [0, 0.1) is 3.57 Å². The number of hydrogen-bond acceptors (Lipinski definition) is 3. The Balaban J connectivity index is 1.89. The predicted octanol–water partition coefficient (Wildman–Crippen LogP) is 3.73. The van der Waals surface area contributed by atoms with E-state index >= 15 is 0 Å². The lowest BCUT2D eigenvalue weighted by Gasteiger charge is -2.22. The van der Waals surface area contributed by atoms with Crippen LogP contribution in [0.15, 0.2) is 42.5 Å². The molecule has 0 unspecified atom stereocenters. The van der Waals surface area contributed by atoms with Gasteiger partial charge in [-0.25, -0.2) is 0 Å². The Morgan fingerprint density at radius 3 is 2.59 bits per heavy atom. The second-order valence-electron chi connectivity index (χ2n) is 5.40. The van der Waals surface area contributed by atoms with E-state index in [0.29, 0.717) is 11.3 Å². The van der Waals surface area contributed by atoms with Gasteiger partial charge in [-0.15, -0.1) is 0 Å². The SMILES string of the molecule is Nc1ccc(N2CCCC2)c(NC(=O)c2ccccc2I)c1. The number of benzene rings is 2. The number of carbonyl (C=O) groups excluding carboxylic acids is 1. The minimum Gasteiger partial charge on any atom is -0.399 e. The molecule has 3 rings (SSSR count). The minimum absolute atomic E-state index is 0.101. The van der Waals surface area contributed by atoms with Crippen LogP contribution >= 0.6 is 22.6 Å². The Morgan fingerprint density at radius 1 is 1.14 bits per heavy atom. The molecule has 1 aliphatic heterocycles. The van der Waals surface area contributed by atoms with Gasteiger partial charge in [-0.1, -0.05) is 12.1 Å². The minimum atomic E-state index is -0.101. The highest BCUT2D eigenvalue weighted by atomic mass is 127. The first kappa shape index (κ1) is 15.1. The topological polar surface area (TPSA) is 58.4 Å². The molecule has 1 heterocycles. The third-order valence-electron chi connectivity index (χ3n) is 3.83. The summed E-state index contributed by atoms with van der Waals surface area (Å²) in [7, 11) is 0. The number of nitrogens with one attached hydrogen (secondary N) is 1. The van der Waals surface area contributed by atoms with Crippen LogP contribution in [-0.2, 0) is 0 Å². The quantitative estimate of drug-likeness (QED) is 0.602. The highest BCUT2D eigenvalue weighted by molar-refractivity contribution is 14.1. The van der Waals surface area contributed by atoms with Crippen molar-refractivity contribution in [2.45, 2.75) is 12.8 Å².